The predicted octanol–water partition coefficient (Wildman–Crippen LogP) is 3.11. The van der Waals surface area contributed by atoms with Crippen molar-refractivity contribution in [1.29, 1.82) is 0 Å². The molecule has 1 aromatic carbocycles. The van der Waals surface area contributed by atoms with Gasteiger partial charge in [0, 0.05) is 6.42 Å². The monoisotopic (exact) mass is 220 g/mol. The second-order valence-corrected chi connectivity index (χ2v) is 3.58. The van der Waals surface area contributed by atoms with Crippen LogP contribution in [0.3, 0.4) is 0 Å². The molecule has 0 unspecified atom stereocenters. The first kappa shape index (κ1) is 14.6. The molecule has 0 spiro atoms. The molecule has 1 rings (SSSR count). The summed E-state index contributed by atoms with van der Waals surface area (Å²) in [5, 5.41) is 0. The lowest BCUT2D eigenvalue weighted by molar-refractivity contribution is -0.125. The zero-order valence-electron chi connectivity index (χ0n) is 10.5. The second kappa shape index (κ2) is 7.80. The summed E-state index contributed by atoms with van der Waals surface area (Å²) < 4.78 is 0. The van der Waals surface area contributed by atoms with Gasteiger partial charge in [0.1, 0.15) is 11.6 Å². The number of Topliss-reactive ketones (excluding diaryl/α,β-unsaturated/α-hetero) is 2. The second-order valence-electron chi connectivity index (χ2n) is 3.58. The van der Waals surface area contributed by atoms with Gasteiger partial charge in [-0.1, -0.05) is 43.7 Å². The smallest absolute Gasteiger partial charge is 0.144 e. The molecule has 0 bridgehead atoms. The molecular formula is C14H20O2. The normalized spacial score (nSPS) is 9.00. The van der Waals surface area contributed by atoms with E-state index in [1.807, 2.05) is 45.0 Å². The molecule has 0 aliphatic rings. The van der Waals surface area contributed by atoms with Gasteiger partial charge in [0.2, 0.25) is 0 Å². The van der Waals surface area contributed by atoms with Crippen LogP contribution in [-0.2, 0) is 16.0 Å². The minimum Gasteiger partial charge on any atom is -0.300 e. The molecule has 0 amide bonds. The third-order valence-electron chi connectivity index (χ3n) is 1.97. The van der Waals surface area contributed by atoms with Crippen LogP contribution < -0.4 is 0 Å². The highest BCUT2D eigenvalue weighted by atomic mass is 16.1. The van der Waals surface area contributed by atoms with Crippen LogP contribution in [-0.4, -0.2) is 11.6 Å². The third-order valence-corrected chi connectivity index (χ3v) is 1.97. The van der Waals surface area contributed by atoms with Crippen LogP contribution in [0.5, 0.6) is 0 Å². The van der Waals surface area contributed by atoms with Gasteiger partial charge in [-0.15, -0.1) is 0 Å². The van der Waals surface area contributed by atoms with Gasteiger partial charge in [-0.05, 0) is 19.4 Å². The Morgan fingerprint density at radius 3 is 2.00 bits per heavy atom. The third kappa shape index (κ3) is 6.12. The van der Waals surface area contributed by atoms with Gasteiger partial charge in [-0.25, -0.2) is 0 Å². The Hall–Kier alpha value is -1.44. The van der Waals surface area contributed by atoms with Crippen molar-refractivity contribution in [2.45, 2.75) is 40.5 Å². The van der Waals surface area contributed by atoms with Gasteiger partial charge in [0.15, 0.2) is 0 Å². The highest BCUT2D eigenvalue weighted by Gasteiger charge is 2.05. The molecule has 2 heteroatoms. The van der Waals surface area contributed by atoms with E-state index in [1.165, 1.54) is 12.5 Å². The molecular weight excluding hydrogens is 200 g/mol. The lowest BCUT2D eigenvalue weighted by atomic mass is 10.0. The van der Waals surface area contributed by atoms with Gasteiger partial charge < -0.3 is 0 Å². The van der Waals surface area contributed by atoms with E-state index < -0.39 is 0 Å². The summed E-state index contributed by atoms with van der Waals surface area (Å²) >= 11 is 0. The van der Waals surface area contributed by atoms with Crippen molar-refractivity contribution in [1.82, 2.24) is 0 Å². The largest absolute Gasteiger partial charge is 0.300 e. The van der Waals surface area contributed by atoms with E-state index in [-0.39, 0.29) is 18.0 Å². The summed E-state index contributed by atoms with van der Waals surface area (Å²) in [5.74, 6) is -0.0801. The highest BCUT2D eigenvalue weighted by molar-refractivity contribution is 5.98. The van der Waals surface area contributed by atoms with E-state index in [2.05, 4.69) is 0 Å². The molecule has 16 heavy (non-hydrogen) atoms. The number of hydrogen-bond acceptors (Lipinski definition) is 2. The predicted molar refractivity (Wildman–Crippen MR) is 66.5 cm³/mol. The van der Waals surface area contributed by atoms with Crippen molar-refractivity contribution in [3.8, 4) is 0 Å². The molecule has 0 aromatic heterocycles. The molecule has 0 fully saturated rings. The Morgan fingerprint density at radius 2 is 1.56 bits per heavy atom. The fraction of sp³-hybridized carbons (Fsp3) is 0.429. The Morgan fingerprint density at radius 1 is 1.06 bits per heavy atom. The first-order chi connectivity index (χ1) is 7.58. The maximum atomic E-state index is 11.3. The minimum absolute atomic E-state index is 0.0126. The van der Waals surface area contributed by atoms with Crippen molar-refractivity contribution in [2.75, 3.05) is 0 Å². The Balaban J connectivity index is 0.00000106. The van der Waals surface area contributed by atoms with E-state index in [1.54, 1.807) is 0 Å². The molecule has 1 aromatic rings. The Labute approximate surface area is 97.7 Å². The van der Waals surface area contributed by atoms with E-state index in [0.717, 1.165) is 5.56 Å². The number of carbonyl (C=O) groups excluding carboxylic acids is 2. The minimum atomic E-state index is -0.0675. The van der Waals surface area contributed by atoms with E-state index in [0.29, 0.717) is 6.42 Å². The molecule has 0 atom stereocenters. The van der Waals surface area contributed by atoms with Crippen LogP contribution in [0, 0.1) is 6.92 Å². The average molecular weight is 220 g/mol. The molecule has 0 radical (unpaired) electrons. The fourth-order valence-corrected chi connectivity index (χ4v) is 1.27. The van der Waals surface area contributed by atoms with Crippen LogP contribution in [0.2, 0.25) is 0 Å². The molecule has 0 saturated carbocycles. The summed E-state index contributed by atoms with van der Waals surface area (Å²) in [6, 6.07) is 7.79. The maximum absolute atomic E-state index is 11.3. The first-order valence-corrected chi connectivity index (χ1v) is 5.64. The number of carbonyl (C=O) groups is 2. The number of ketones is 2. The summed E-state index contributed by atoms with van der Waals surface area (Å²) in [6.45, 7) is 7.44. The SMILES string of the molecule is CC.CC(=O)CC(=O)Cc1ccc(C)cc1. The van der Waals surface area contributed by atoms with Crippen LogP contribution in [0.1, 0.15) is 38.3 Å². The number of benzene rings is 1. The summed E-state index contributed by atoms with van der Waals surface area (Å²) in [6.07, 6.45) is 0.410. The fourth-order valence-electron chi connectivity index (χ4n) is 1.27. The summed E-state index contributed by atoms with van der Waals surface area (Å²) in [7, 11) is 0. The molecule has 2 nitrogen and oxygen atoms in total. The number of aryl methyl sites for hydroxylation is 1. The van der Waals surface area contributed by atoms with Gasteiger partial charge in [-0.3, -0.25) is 9.59 Å². The van der Waals surface area contributed by atoms with Crippen molar-refractivity contribution < 1.29 is 9.59 Å². The van der Waals surface area contributed by atoms with E-state index in [9.17, 15) is 9.59 Å². The van der Waals surface area contributed by atoms with Crippen LogP contribution in [0.15, 0.2) is 24.3 Å². The first-order valence-electron chi connectivity index (χ1n) is 5.64. The lowest BCUT2D eigenvalue weighted by Crippen LogP contribution is -2.07. The standard InChI is InChI=1S/C12H14O2.C2H6/c1-9-3-5-11(6-4-9)8-12(14)7-10(2)13;1-2/h3-6H,7-8H2,1-2H3;1-2H3. The zero-order valence-corrected chi connectivity index (χ0v) is 10.5. The van der Waals surface area contributed by atoms with Crippen molar-refractivity contribution in [2.24, 2.45) is 0 Å². The van der Waals surface area contributed by atoms with E-state index >= 15 is 0 Å². The maximum Gasteiger partial charge on any atom is 0.144 e. The summed E-state index contributed by atoms with van der Waals surface area (Å²) in [5.41, 5.74) is 2.15. The number of hydrogen-bond donors (Lipinski definition) is 0. The van der Waals surface area contributed by atoms with Crippen molar-refractivity contribution in [3.63, 3.8) is 0 Å². The topological polar surface area (TPSA) is 34.1 Å². The summed E-state index contributed by atoms with van der Waals surface area (Å²) in [4.78, 5) is 22.0. The molecule has 0 aliphatic heterocycles. The molecule has 0 N–H and O–H groups in total. The molecule has 0 saturated heterocycles. The van der Waals surface area contributed by atoms with Crippen LogP contribution in [0.25, 0.3) is 0 Å². The van der Waals surface area contributed by atoms with Crippen LogP contribution in [0.4, 0.5) is 0 Å². The van der Waals surface area contributed by atoms with Crippen molar-refractivity contribution in [3.05, 3.63) is 35.4 Å². The Kier molecular flexibility index (Phi) is 7.10. The van der Waals surface area contributed by atoms with Gasteiger partial charge in [-0.2, -0.15) is 0 Å². The molecule has 0 aliphatic carbocycles. The van der Waals surface area contributed by atoms with Gasteiger partial charge in [0.25, 0.3) is 0 Å². The van der Waals surface area contributed by atoms with Gasteiger partial charge >= 0.3 is 0 Å². The number of rotatable bonds is 4. The van der Waals surface area contributed by atoms with Crippen LogP contribution >= 0.6 is 0 Å². The Bertz CT molecular complexity index is 336. The van der Waals surface area contributed by atoms with Crippen molar-refractivity contribution >= 4 is 11.6 Å². The molecule has 88 valence electrons. The zero-order chi connectivity index (χ0) is 12.6. The quantitative estimate of drug-likeness (QED) is 0.731. The average Bonchev–Trinajstić information content (AvgIpc) is 2.23. The molecule has 0 heterocycles. The van der Waals surface area contributed by atoms with E-state index in [4.69, 9.17) is 0 Å². The highest BCUT2D eigenvalue weighted by Crippen LogP contribution is 2.05. The van der Waals surface area contributed by atoms with Gasteiger partial charge in [0.05, 0.1) is 6.42 Å². The lowest BCUT2D eigenvalue weighted by Gasteiger charge is -1.99.